The van der Waals surface area contributed by atoms with Crippen LogP contribution < -0.4 is 11.1 Å². The van der Waals surface area contributed by atoms with Crippen LogP contribution in [0.2, 0.25) is 0 Å². The second-order valence-corrected chi connectivity index (χ2v) is 6.66. The average molecular weight is 356 g/mol. The molecule has 0 aromatic heterocycles. The summed E-state index contributed by atoms with van der Waals surface area (Å²) in [5, 5.41) is 11.3. The Balaban J connectivity index is 1.91. The van der Waals surface area contributed by atoms with Crippen molar-refractivity contribution >= 4 is 17.6 Å². The van der Waals surface area contributed by atoms with Crippen LogP contribution in [0.4, 0.5) is 5.69 Å². The fraction of sp³-hybridized carbons (Fsp3) is 0.0909. The average Bonchev–Trinajstić information content (AvgIpc) is 2.94. The molecule has 1 heterocycles. The highest BCUT2D eigenvalue weighted by Crippen LogP contribution is 2.37. The molecule has 0 saturated carbocycles. The van der Waals surface area contributed by atoms with Gasteiger partial charge in [-0.2, -0.15) is 0 Å². The van der Waals surface area contributed by atoms with Crippen molar-refractivity contribution < 1.29 is 4.79 Å². The number of benzene rings is 3. The third-order valence-electron chi connectivity index (χ3n) is 4.99. The molecule has 1 aliphatic heterocycles. The van der Waals surface area contributed by atoms with Crippen molar-refractivity contribution in [2.45, 2.75) is 5.54 Å². The Morgan fingerprint density at radius 2 is 1.52 bits per heavy atom. The van der Waals surface area contributed by atoms with Gasteiger partial charge in [-0.25, -0.2) is 0 Å². The molecule has 5 heteroatoms. The SMILES string of the molecule is CN1C(=N)NC(c2ccccc2)(c2cccc(-c3cccc(N)c3)c2)C1=O. The largest absolute Gasteiger partial charge is 0.399 e. The van der Waals surface area contributed by atoms with Crippen molar-refractivity contribution in [2.24, 2.45) is 0 Å². The molecule has 1 atom stereocenters. The lowest BCUT2D eigenvalue weighted by molar-refractivity contribution is -0.129. The van der Waals surface area contributed by atoms with Gasteiger partial charge in [0.1, 0.15) is 0 Å². The highest BCUT2D eigenvalue weighted by atomic mass is 16.2. The Kier molecular flexibility index (Phi) is 3.92. The quantitative estimate of drug-likeness (QED) is 0.631. The molecule has 0 bridgehead atoms. The van der Waals surface area contributed by atoms with Gasteiger partial charge in [-0.05, 0) is 40.5 Å². The number of guanidine groups is 1. The van der Waals surface area contributed by atoms with Crippen LogP contribution in [0, 0.1) is 5.41 Å². The standard InChI is InChI=1S/C22H20N4O/c1-26-20(27)22(25-21(26)24,17-9-3-2-4-10-17)18-11-5-7-15(13-18)16-8-6-12-19(23)14-16/h2-14H,23H2,1H3,(H2,24,25). The molecule has 4 N–H and O–H groups in total. The molecule has 1 aliphatic rings. The van der Waals surface area contributed by atoms with Crippen LogP contribution in [0.3, 0.4) is 0 Å². The fourth-order valence-electron chi connectivity index (χ4n) is 3.56. The van der Waals surface area contributed by atoms with Crippen LogP contribution in [0.5, 0.6) is 0 Å². The van der Waals surface area contributed by atoms with Crippen LogP contribution in [0.15, 0.2) is 78.9 Å². The second-order valence-electron chi connectivity index (χ2n) is 6.66. The topological polar surface area (TPSA) is 82.2 Å². The zero-order valence-corrected chi connectivity index (χ0v) is 14.9. The van der Waals surface area contributed by atoms with E-state index in [0.29, 0.717) is 5.69 Å². The predicted molar refractivity (Wildman–Crippen MR) is 107 cm³/mol. The van der Waals surface area contributed by atoms with E-state index in [2.05, 4.69) is 5.32 Å². The van der Waals surface area contributed by atoms with Crippen molar-refractivity contribution in [1.29, 1.82) is 5.41 Å². The van der Waals surface area contributed by atoms with E-state index in [9.17, 15) is 4.79 Å². The molecule has 27 heavy (non-hydrogen) atoms. The lowest BCUT2D eigenvalue weighted by Gasteiger charge is -2.28. The number of hydrogen-bond acceptors (Lipinski definition) is 3. The van der Waals surface area contributed by atoms with Crippen LogP contribution in [0.1, 0.15) is 11.1 Å². The van der Waals surface area contributed by atoms with Gasteiger partial charge in [0.2, 0.25) is 0 Å². The van der Waals surface area contributed by atoms with E-state index >= 15 is 0 Å². The Labute approximate surface area is 157 Å². The van der Waals surface area contributed by atoms with Crippen LogP contribution in [-0.2, 0) is 10.3 Å². The first-order valence-electron chi connectivity index (χ1n) is 8.69. The molecule has 3 aromatic rings. The monoisotopic (exact) mass is 356 g/mol. The minimum Gasteiger partial charge on any atom is -0.399 e. The first-order chi connectivity index (χ1) is 13.0. The third-order valence-corrected chi connectivity index (χ3v) is 4.99. The van der Waals surface area contributed by atoms with Gasteiger partial charge < -0.3 is 11.1 Å². The fourth-order valence-corrected chi connectivity index (χ4v) is 3.56. The maximum atomic E-state index is 13.2. The minimum atomic E-state index is -1.12. The van der Waals surface area contributed by atoms with Gasteiger partial charge in [-0.15, -0.1) is 0 Å². The Morgan fingerprint density at radius 1 is 0.889 bits per heavy atom. The highest BCUT2D eigenvalue weighted by Gasteiger charge is 2.50. The van der Waals surface area contributed by atoms with Crippen molar-refractivity contribution in [2.75, 3.05) is 12.8 Å². The van der Waals surface area contributed by atoms with Gasteiger partial charge in [-0.3, -0.25) is 15.1 Å². The summed E-state index contributed by atoms with van der Waals surface area (Å²) in [5.41, 5.74) is 9.03. The predicted octanol–water partition coefficient (Wildman–Crippen LogP) is 3.18. The summed E-state index contributed by atoms with van der Waals surface area (Å²) in [6.07, 6.45) is 0. The molecule has 4 rings (SSSR count). The van der Waals surface area contributed by atoms with Crippen LogP contribution >= 0.6 is 0 Å². The zero-order valence-electron chi connectivity index (χ0n) is 14.9. The molecule has 1 saturated heterocycles. The molecule has 0 spiro atoms. The normalized spacial score (nSPS) is 19.2. The van der Waals surface area contributed by atoms with Crippen molar-refractivity contribution in [3.63, 3.8) is 0 Å². The van der Waals surface area contributed by atoms with Crippen molar-refractivity contribution in [1.82, 2.24) is 10.2 Å². The first kappa shape index (κ1) is 16.8. The molecule has 1 unspecified atom stereocenters. The van der Waals surface area contributed by atoms with Gasteiger partial charge in [0.05, 0.1) is 0 Å². The van der Waals surface area contributed by atoms with Gasteiger partial charge in [0, 0.05) is 12.7 Å². The summed E-state index contributed by atoms with van der Waals surface area (Å²) < 4.78 is 0. The molecule has 3 aromatic carbocycles. The number of hydrogen-bond donors (Lipinski definition) is 3. The number of carbonyl (C=O) groups excluding carboxylic acids is 1. The smallest absolute Gasteiger partial charge is 0.264 e. The second kappa shape index (κ2) is 6.29. The van der Waals surface area contributed by atoms with E-state index in [1.807, 2.05) is 78.9 Å². The summed E-state index contributed by atoms with van der Waals surface area (Å²) in [6, 6.07) is 25.0. The molecule has 134 valence electrons. The lowest BCUT2D eigenvalue weighted by Crippen LogP contribution is -2.45. The maximum absolute atomic E-state index is 13.2. The number of carbonyl (C=O) groups is 1. The maximum Gasteiger partial charge on any atom is 0.264 e. The lowest BCUT2D eigenvalue weighted by atomic mass is 9.81. The number of anilines is 1. The van der Waals surface area contributed by atoms with E-state index in [0.717, 1.165) is 22.3 Å². The first-order valence-corrected chi connectivity index (χ1v) is 8.69. The molecule has 0 radical (unpaired) electrons. The van der Waals surface area contributed by atoms with E-state index in [1.54, 1.807) is 7.05 Å². The number of nitrogens with two attached hydrogens (primary N) is 1. The van der Waals surface area contributed by atoms with Crippen LogP contribution in [0.25, 0.3) is 11.1 Å². The molecule has 1 amide bonds. The van der Waals surface area contributed by atoms with Gasteiger partial charge >= 0.3 is 0 Å². The summed E-state index contributed by atoms with van der Waals surface area (Å²) in [4.78, 5) is 14.6. The summed E-state index contributed by atoms with van der Waals surface area (Å²) in [7, 11) is 1.62. The summed E-state index contributed by atoms with van der Waals surface area (Å²) in [6.45, 7) is 0. The number of nitrogen functional groups attached to an aromatic ring is 1. The number of likely N-dealkylation sites (N-methyl/N-ethyl adjacent to an activating group) is 1. The molecular weight excluding hydrogens is 336 g/mol. The van der Waals surface area contributed by atoms with Gasteiger partial charge in [0.15, 0.2) is 11.5 Å². The minimum absolute atomic E-state index is 0.0817. The van der Waals surface area contributed by atoms with Gasteiger partial charge in [-0.1, -0.05) is 60.7 Å². The Morgan fingerprint density at radius 3 is 2.15 bits per heavy atom. The number of rotatable bonds is 3. The van der Waals surface area contributed by atoms with E-state index < -0.39 is 5.54 Å². The number of nitrogens with zero attached hydrogens (tertiary/aromatic N) is 1. The van der Waals surface area contributed by atoms with E-state index in [1.165, 1.54) is 4.90 Å². The molecule has 0 aliphatic carbocycles. The number of nitrogens with one attached hydrogen (secondary N) is 2. The highest BCUT2D eigenvalue weighted by molar-refractivity contribution is 6.10. The zero-order chi connectivity index (χ0) is 19.0. The Bertz CT molecular complexity index is 1030. The molecule has 5 nitrogen and oxygen atoms in total. The molecular formula is C22H20N4O. The van der Waals surface area contributed by atoms with Crippen molar-refractivity contribution in [3.8, 4) is 11.1 Å². The summed E-state index contributed by atoms with van der Waals surface area (Å²) >= 11 is 0. The number of amides is 1. The Hall–Kier alpha value is -3.60. The third kappa shape index (κ3) is 2.64. The van der Waals surface area contributed by atoms with Crippen molar-refractivity contribution in [3.05, 3.63) is 90.0 Å². The van der Waals surface area contributed by atoms with E-state index in [-0.39, 0.29) is 11.9 Å². The van der Waals surface area contributed by atoms with Crippen LogP contribution in [-0.4, -0.2) is 23.8 Å². The summed E-state index contributed by atoms with van der Waals surface area (Å²) in [5.74, 6) is -0.0957. The van der Waals surface area contributed by atoms with Gasteiger partial charge in [0.25, 0.3) is 5.91 Å². The van der Waals surface area contributed by atoms with E-state index in [4.69, 9.17) is 11.1 Å². The molecule has 1 fully saturated rings.